The zero-order valence-electron chi connectivity index (χ0n) is 10.6. The molecule has 1 aromatic rings. The average Bonchev–Trinajstić information content (AvgIpc) is 2.80. The number of hydrogen-bond donors (Lipinski definition) is 1. The van der Waals surface area contributed by atoms with Crippen molar-refractivity contribution in [3.63, 3.8) is 0 Å². The number of fused-ring (bicyclic) bond motifs is 1. The third-order valence-electron chi connectivity index (χ3n) is 3.20. The van der Waals surface area contributed by atoms with Gasteiger partial charge in [0, 0.05) is 18.6 Å². The second-order valence-corrected chi connectivity index (χ2v) is 7.04. The summed E-state index contributed by atoms with van der Waals surface area (Å²) in [5.74, 6) is 1.39. The summed E-state index contributed by atoms with van der Waals surface area (Å²) in [6.07, 6.45) is 2.20. The van der Waals surface area contributed by atoms with Crippen molar-refractivity contribution >= 4 is 47.2 Å². The molecule has 9 heteroatoms. The smallest absolute Gasteiger partial charge is 0.232 e. The van der Waals surface area contributed by atoms with E-state index in [2.05, 4.69) is 22.9 Å². The first-order valence-corrected chi connectivity index (χ1v) is 8.42. The second-order valence-electron chi connectivity index (χ2n) is 4.48. The third kappa shape index (κ3) is 2.38. The fourth-order valence-electron chi connectivity index (χ4n) is 2.16. The maximum atomic E-state index is 11.7. The molecular formula is C11H12N4O2S3. The van der Waals surface area contributed by atoms with Crippen LogP contribution in [0.2, 0.25) is 0 Å². The standard InChI is InChI=1S/C11H12N4O2S3/c1-14-9(3-12-13-14)20-5-6-4-19-8-2-7(16)15(8)10(6)11(17)18/h3,8H,2,4-5H2,1H3,(H,17,18)/t8-/m1/s1. The van der Waals surface area contributed by atoms with E-state index in [4.69, 9.17) is 0 Å². The summed E-state index contributed by atoms with van der Waals surface area (Å²) in [5, 5.41) is 8.38. The number of hydrogen-bond acceptors (Lipinski definition) is 6. The van der Waals surface area contributed by atoms with E-state index in [9.17, 15) is 9.59 Å². The van der Waals surface area contributed by atoms with E-state index < -0.39 is 0 Å². The minimum absolute atomic E-state index is 0.00398. The Morgan fingerprint density at radius 3 is 3.05 bits per heavy atom. The molecule has 1 atom stereocenters. The lowest BCUT2D eigenvalue weighted by molar-refractivity contribution is -0.140. The number of aromatic nitrogens is 3. The Labute approximate surface area is 129 Å². The van der Waals surface area contributed by atoms with Crippen LogP contribution in [0.15, 0.2) is 22.5 Å². The van der Waals surface area contributed by atoms with Crippen molar-refractivity contribution in [2.45, 2.75) is 16.8 Å². The van der Waals surface area contributed by atoms with Crippen LogP contribution in [0.1, 0.15) is 6.42 Å². The normalized spacial score (nSPS) is 21.8. The molecular weight excluding hydrogens is 316 g/mol. The molecule has 0 spiro atoms. The maximum Gasteiger partial charge on any atom is 0.232 e. The first-order valence-electron chi connectivity index (χ1n) is 5.94. The SMILES string of the molecule is Cn1nncc1SCC1=C(C(=O)S)N2C(=O)C[C@H]2SC1. The van der Waals surface area contributed by atoms with Gasteiger partial charge in [-0.1, -0.05) is 17.8 Å². The first kappa shape index (κ1) is 14.0. The molecule has 1 fully saturated rings. The lowest BCUT2D eigenvalue weighted by Crippen LogP contribution is -2.53. The molecule has 0 aromatic carbocycles. The van der Waals surface area contributed by atoms with Gasteiger partial charge in [-0.05, 0) is 5.57 Å². The maximum absolute atomic E-state index is 11.7. The molecule has 0 bridgehead atoms. The minimum Gasteiger partial charge on any atom is -0.295 e. The summed E-state index contributed by atoms with van der Waals surface area (Å²) in [5.41, 5.74) is 1.42. The summed E-state index contributed by atoms with van der Waals surface area (Å²) in [6, 6.07) is 0. The highest BCUT2D eigenvalue weighted by Crippen LogP contribution is 2.41. The number of carbonyl (C=O) groups is 2. The largest absolute Gasteiger partial charge is 0.295 e. The van der Waals surface area contributed by atoms with Crippen molar-refractivity contribution in [2.75, 3.05) is 11.5 Å². The summed E-state index contributed by atoms with van der Waals surface area (Å²) in [4.78, 5) is 25.0. The molecule has 2 aliphatic rings. The average molecular weight is 328 g/mol. The van der Waals surface area contributed by atoms with Crippen LogP contribution < -0.4 is 0 Å². The summed E-state index contributed by atoms with van der Waals surface area (Å²) < 4.78 is 1.68. The van der Waals surface area contributed by atoms with Gasteiger partial charge in [0.05, 0.1) is 23.7 Å². The number of thioether (sulfide) groups is 2. The van der Waals surface area contributed by atoms with E-state index in [1.807, 2.05) is 7.05 Å². The van der Waals surface area contributed by atoms with E-state index in [0.29, 0.717) is 17.9 Å². The number of rotatable bonds is 4. The lowest BCUT2D eigenvalue weighted by atomic mass is 10.1. The van der Waals surface area contributed by atoms with Gasteiger partial charge in [-0.25, -0.2) is 4.68 Å². The molecule has 0 unspecified atom stereocenters. The Balaban J connectivity index is 1.82. The van der Waals surface area contributed by atoms with Crippen LogP contribution in [0.3, 0.4) is 0 Å². The number of thiol groups is 1. The highest BCUT2D eigenvalue weighted by Gasteiger charge is 2.44. The fraction of sp³-hybridized carbons (Fsp3) is 0.455. The van der Waals surface area contributed by atoms with E-state index in [1.165, 1.54) is 0 Å². The van der Waals surface area contributed by atoms with Gasteiger partial charge in [-0.3, -0.25) is 14.5 Å². The molecule has 0 aliphatic carbocycles. The lowest BCUT2D eigenvalue weighted by Gasteiger charge is -2.44. The molecule has 0 radical (unpaired) electrons. The Kier molecular flexibility index (Phi) is 3.83. The van der Waals surface area contributed by atoms with E-state index >= 15 is 0 Å². The van der Waals surface area contributed by atoms with Crippen LogP contribution in [0, 0.1) is 0 Å². The molecule has 6 nitrogen and oxygen atoms in total. The molecule has 106 valence electrons. The summed E-state index contributed by atoms with van der Waals surface area (Å²) in [7, 11) is 1.82. The highest BCUT2D eigenvalue weighted by atomic mass is 32.2. The van der Waals surface area contributed by atoms with E-state index in [-0.39, 0.29) is 16.4 Å². The van der Waals surface area contributed by atoms with E-state index in [1.54, 1.807) is 39.3 Å². The second kappa shape index (κ2) is 5.45. The van der Waals surface area contributed by atoms with Gasteiger partial charge in [-0.15, -0.1) is 28.6 Å². The fourth-order valence-corrected chi connectivity index (χ4v) is 4.73. The van der Waals surface area contributed by atoms with Crippen LogP contribution in [-0.2, 0) is 16.6 Å². The third-order valence-corrected chi connectivity index (χ3v) is 5.85. The van der Waals surface area contributed by atoms with Crippen molar-refractivity contribution < 1.29 is 9.59 Å². The molecule has 1 amide bonds. The molecule has 3 heterocycles. The number of carbonyl (C=O) groups excluding carboxylic acids is 2. The minimum atomic E-state index is -0.331. The first-order chi connectivity index (χ1) is 9.58. The number of nitrogens with zero attached hydrogens (tertiary/aromatic N) is 4. The van der Waals surface area contributed by atoms with Gasteiger partial charge in [0.2, 0.25) is 11.0 Å². The topological polar surface area (TPSA) is 68.1 Å². The van der Waals surface area contributed by atoms with Gasteiger partial charge in [-0.2, -0.15) is 0 Å². The zero-order valence-corrected chi connectivity index (χ0v) is 13.2. The van der Waals surface area contributed by atoms with E-state index in [0.717, 1.165) is 16.4 Å². The molecule has 1 aromatic heterocycles. The Morgan fingerprint density at radius 2 is 2.45 bits per heavy atom. The predicted octanol–water partition coefficient (Wildman–Crippen LogP) is 0.923. The number of aryl methyl sites for hydroxylation is 1. The van der Waals surface area contributed by atoms with Gasteiger partial charge in [0.1, 0.15) is 5.03 Å². The van der Waals surface area contributed by atoms with Crippen molar-refractivity contribution in [1.29, 1.82) is 0 Å². The molecule has 3 rings (SSSR count). The van der Waals surface area contributed by atoms with Crippen molar-refractivity contribution in [2.24, 2.45) is 7.05 Å². The van der Waals surface area contributed by atoms with Crippen molar-refractivity contribution in [3.8, 4) is 0 Å². The predicted molar refractivity (Wildman–Crippen MR) is 80.5 cm³/mol. The molecule has 20 heavy (non-hydrogen) atoms. The summed E-state index contributed by atoms with van der Waals surface area (Å²) >= 11 is 7.17. The van der Waals surface area contributed by atoms with Crippen LogP contribution >= 0.6 is 36.2 Å². The summed E-state index contributed by atoms with van der Waals surface area (Å²) in [6.45, 7) is 0. The monoisotopic (exact) mass is 328 g/mol. The quantitative estimate of drug-likeness (QED) is 0.504. The van der Waals surface area contributed by atoms with Gasteiger partial charge < -0.3 is 0 Å². The van der Waals surface area contributed by atoms with Crippen molar-refractivity contribution in [3.05, 3.63) is 17.5 Å². The molecule has 2 aliphatic heterocycles. The Bertz CT molecular complexity index is 613. The molecule has 1 saturated heterocycles. The van der Waals surface area contributed by atoms with Crippen LogP contribution in [0.5, 0.6) is 0 Å². The Morgan fingerprint density at radius 1 is 1.65 bits per heavy atom. The van der Waals surface area contributed by atoms with Crippen LogP contribution in [0.25, 0.3) is 0 Å². The van der Waals surface area contributed by atoms with Crippen molar-refractivity contribution in [1.82, 2.24) is 19.9 Å². The van der Waals surface area contributed by atoms with Gasteiger partial charge in [0.25, 0.3) is 0 Å². The van der Waals surface area contributed by atoms with Crippen LogP contribution in [0.4, 0.5) is 0 Å². The highest BCUT2D eigenvalue weighted by molar-refractivity contribution is 8.01. The number of β-lactam (4-membered cyclic amide) rings is 1. The Hall–Kier alpha value is -0.930. The van der Waals surface area contributed by atoms with Gasteiger partial charge in [0.15, 0.2) is 0 Å². The molecule has 0 saturated carbocycles. The van der Waals surface area contributed by atoms with Gasteiger partial charge >= 0.3 is 0 Å². The number of amides is 1. The molecule has 0 N–H and O–H groups in total. The zero-order chi connectivity index (χ0) is 14.3. The van der Waals surface area contributed by atoms with Crippen LogP contribution in [-0.4, -0.2) is 47.8 Å².